The van der Waals surface area contributed by atoms with Crippen molar-refractivity contribution in [2.45, 2.75) is 17.9 Å². The number of halogens is 1. The summed E-state index contributed by atoms with van der Waals surface area (Å²) in [6.07, 6.45) is 0.558. The van der Waals surface area contributed by atoms with Crippen LogP contribution in [0.5, 0.6) is 0 Å². The van der Waals surface area contributed by atoms with E-state index in [4.69, 9.17) is 5.73 Å². The van der Waals surface area contributed by atoms with E-state index >= 15 is 0 Å². The Morgan fingerprint density at radius 3 is 2.45 bits per heavy atom. The fraction of sp³-hybridized carbons (Fsp3) is 1.00. The average Bonchev–Trinajstić information content (AvgIpc) is 1.86. The van der Waals surface area contributed by atoms with Gasteiger partial charge in [-0.25, -0.2) is 0 Å². The maximum absolute atomic E-state index is 9.94. The Morgan fingerprint density at radius 2 is 2.09 bits per heavy atom. The van der Waals surface area contributed by atoms with Crippen molar-refractivity contribution in [2.24, 2.45) is 5.73 Å². The first-order chi connectivity index (χ1) is 5.07. The number of rotatable bonds is 5. The fourth-order valence-electron chi connectivity index (χ4n) is 0.432. The van der Waals surface area contributed by atoms with Crippen LogP contribution < -0.4 is 15.1 Å². The minimum Gasteiger partial charge on any atom is -0.324 e. The zero-order valence-corrected chi connectivity index (χ0v) is 8.19. The van der Waals surface area contributed by atoms with Gasteiger partial charge in [-0.2, -0.15) is 12.6 Å². The molecule has 0 aliphatic carbocycles. The molecule has 0 spiro atoms. The van der Waals surface area contributed by atoms with Crippen LogP contribution in [-0.4, -0.2) is 17.2 Å². The predicted octanol–water partition coefficient (Wildman–Crippen LogP) is -2.01. The Kier molecular flexibility index (Phi) is 6.84. The molecule has 0 amide bonds. The van der Waals surface area contributed by atoms with Crippen LogP contribution in [0.1, 0.15) is 6.42 Å². The zero-order chi connectivity index (χ0) is 8.85. The van der Waals surface area contributed by atoms with Crippen LogP contribution in [-0.2, 0) is 4.29 Å². The second kappa shape index (κ2) is 6.36. The Hall–Kier alpha value is 0.830. The molecule has 2 atom stereocenters. The molecule has 0 rings (SSSR count). The van der Waals surface area contributed by atoms with Crippen molar-refractivity contribution in [1.82, 2.24) is 0 Å². The molecule has 0 saturated carbocycles. The highest BCUT2D eigenvalue weighted by molar-refractivity contribution is 7.81. The summed E-state index contributed by atoms with van der Waals surface area (Å²) in [6, 6.07) is -0.418. The Morgan fingerprint density at radius 1 is 1.55 bits per heavy atom. The van der Waals surface area contributed by atoms with Crippen molar-refractivity contribution in [1.29, 1.82) is 0 Å². The number of nitrogens with two attached hydrogens (primary N) is 1. The third-order valence-electron chi connectivity index (χ3n) is 0.993. The van der Waals surface area contributed by atoms with E-state index < -0.39 is 22.3 Å². The molecule has 7 heteroatoms. The lowest BCUT2D eigenvalue weighted by Crippen LogP contribution is -2.42. The highest BCUT2D eigenvalue weighted by Gasteiger charge is 2.24. The summed E-state index contributed by atoms with van der Waals surface area (Å²) >= 11 is 7.73. The van der Waals surface area contributed by atoms with E-state index in [1.807, 2.05) is 0 Å². The molecule has 0 aliphatic rings. The summed E-state index contributed by atoms with van der Waals surface area (Å²) in [6.45, 7) is 0. The Labute approximate surface area is 79.3 Å². The van der Waals surface area contributed by atoms with E-state index in [0.29, 0.717) is 12.2 Å². The smallest absolute Gasteiger partial charge is 0.287 e. The quantitative estimate of drug-likeness (QED) is 0.369. The van der Waals surface area contributed by atoms with Crippen LogP contribution in [0.2, 0.25) is 0 Å². The van der Waals surface area contributed by atoms with Gasteiger partial charge in [0, 0.05) is 4.29 Å². The maximum atomic E-state index is 9.94. The minimum atomic E-state index is -2.24. The van der Waals surface area contributed by atoms with Gasteiger partial charge in [0.1, 0.15) is 0 Å². The molecule has 0 aromatic heterocycles. The van der Waals surface area contributed by atoms with Crippen molar-refractivity contribution in [2.75, 3.05) is 5.75 Å². The topological polar surface area (TPSA) is 81.4 Å². The first-order valence-electron chi connectivity index (χ1n) is 2.85. The molecule has 0 aliphatic heterocycles. The van der Waals surface area contributed by atoms with Crippen molar-refractivity contribution in [3.8, 4) is 0 Å². The molecule has 0 radical (unpaired) electrons. The van der Waals surface area contributed by atoms with Crippen LogP contribution >= 0.6 is 25.3 Å². The average molecular weight is 220 g/mol. The number of hydrogen-bond acceptors (Lipinski definition) is 6. The molecule has 0 saturated heterocycles. The van der Waals surface area contributed by atoms with Gasteiger partial charge in [-0.1, -0.05) is 0 Å². The molecule has 0 aromatic carbocycles. The summed E-state index contributed by atoms with van der Waals surface area (Å²) in [7, 11) is -2.24. The van der Waals surface area contributed by atoms with Gasteiger partial charge in [-0.05, 0) is 12.2 Å². The zero-order valence-electron chi connectivity index (χ0n) is 5.64. The van der Waals surface area contributed by atoms with Crippen molar-refractivity contribution in [3.05, 3.63) is 0 Å². The van der Waals surface area contributed by atoms with E-state index in [1.54, 1.807) is 0 Å². The third kappa shape index (κ3) is 6.03. The second-order valence-electron chi connectivity index (χ2n) is 1.84. The summed E-state index contributed by atoms with van der Waals surface area (Å²) in [5.74, 6) is 0.572. The molecule has 0 bridgehead atoms. The monoisotopic (exact) mass is 219 g/mol. The van der Waals surface area contributed by atoms with Gasteiger partial charge < -0.3 is 15.1 Å². The largest absolute Gasteiger partial charge is 0.324 e. The first kappa shape index (κ1) is 11.8. The lowest BCUT2D eigenvalue weighted by atomic mass is 10.2. The molecule has 4 nitrogen and oxygen atoms in total. The van der Waals surface area contributed by atoms with E-state index in [2.05, 4.69) is 29.5 Å². The van der Waals surface area contributed by atoms with Crippen LogP contribution in [0, 0.1) is 10.8 Å². The van der Waals surface area contributed by atoms with Crippen LogP contribution in [0.4, 0.5) is 0 Å². The molecule has 1 unspecified atom stereocenters. The third-order valence-corrected chi connectivity index (χ3v) is 2.20. The molecule has 11 heavy (non-hydrogen) atoms. The Balaban J connectivity index is 3.54. The normalized spacial score (nSPS) is 16.9. The fourth-order valence-corrected chi connectivity index (χ4v) is 1.36. The highest BCUT2D eigenvalue weighted by Crippen LogP contribution is 2.07. The van der Waals surface area contributed by atoms with Crippen LogP contribution in [0.25, 0.3) is 0 Å². The molecule has 0 fully saturated rings. The van der Waals surface area contributed by atoms with E-state index in [-0.39, 0.29) is 0 Å². The van der Waals surface area contributed by atoms with Crippen LogP contribution in [0.15, 0.2) is 0 Å². The summed E-state index contributed by atoms with van der Waals surface area (Å²) in [5.41, 5.74) is 4.65. The van der Waals surface area contributed by atoms with Gasteiger partial charge in [-0.15, -0.1) is 12.6 Å². The van der Waals surface area contributed by atoms with E-state index in [0.717, 1.165) is 0 Å². The number of thiol groups is 2. The second-order valence-corrected chi connectivity index (χ2v) is 3.36. The highest BCUT2D eigenvalue weighted by atomic mass is 35.6. The van der Waals surface area contributed by atoms with Gasteiger partial charge in [0.25, 0.3) is 10.8 Å². The molecular weight excluding hydrogens is 210 g/mol. The summed E-state index contributed by atoms with van der Waals surface area (Å²) in [4.78, 5) is 0. The lowest BCUT2D eigenvalue weighted by molar-refractivity contribution is -1.63. The van der Waals surface area contributed by atoms with Crippen LogP contribution in [0.3, 0.4) is 0 Å². The predicted molar refractivity (Wildman–Crippen MR) is 40.3 cm³/mol. The number of hydrogen-bond donors (Lipinski definition) is 3. The maximum Gasteiger partial charge on any atom is 0.287 e. The first-order valence-corrected chi connectivity index (χ1v) is 4.92. The summed E-state index contributed by atoms with van der Waals surface area (Å²) < 4.78 is 24.1. The molecule has 68 valence electrons. The Bertz CT molecular complexity index is 107. The van der Waals surface area contributed by atoms with E-state index in [9.17, 15) is 9.32 Å². The van der Waals surface area contributed by atoms with Gasteiger partial charge >= 0.3 is 0 Å². The minimum absolute atomic E-state index is 0.418. The van der Waals surface area contributed by atoms with Crippen molar-refractivity contribution >= 4 is 25.3 Å². The van der Waals surface area contributed by atoms with Gasteiger partial charge in [0.15, 0.2) is 0 Å². The van der Waals surface area contributed by atoms with Gasteiger partial charge in [0.05, 0.1) is 6.04 Å². The lowest BCUT2D eigenvalue weighted by Gasteiger charge is -2.11. The molecular formula is C4H10ClNO3S2. The molecule has 2 N–H and O–H groups in total. The van der Waals surface area contributed by atoms with Gasteiger partial charge in [-0.3, -0.25) is 0 Å². The van der Waals surface area contributed by atoms with Gasteiger partial charge in [0.2, 0.25) is 5.44 Å². The van der Waals surface area contributed by atoms with Crippen molar-refractivity contribution in [3.63, 3.8) is 0 Å². The molecule has 0 aromatic rings. The standard InChI is InChI=1S/C4H10ClNO3S2/c6-3(1-2-10)4(11)9-5(7)8/h3-4,10-11H,1-2,6H2/t3-,4?/m0/s1. The molecule has 0 heterocycles. The van der Waals surface area contributed by atoms with Crippen molar-refractivity contribution < 1.29 is 24.4 Å². The van der Waals surface area contributed by atoms with E-state index in [1.165, 1.54) is 0 Å². The SMILES string of the molecule is N[C@@H](CCS)C(S)O[Cl+2]([O-])[O-]. The summed E-state index contributed by atoms with van der Waals surface area (Å²) in [5, 5.41) is 0.